The summed E-state index contributed by atoms with van der Waals surface area (Å²) in [5, 5.41) is 15.1. The van der Waals surface area contributed by atoms with Crippen LogP contribution in [0.2, 0.25) is 6.82 Å². The normalized spacial score (nSPS) is 13.2. The van der Waals surface area contributed by atoms with E-state index in [-0.39, 0.29) is 5.91 Å². The molecule has 0 saturated carbocycles. The van der Waals surface area contributed by atoms with Gasteiger partial charge in [-0.15, -0.1) is 0 Å². The van der Waals surface area contributed by atoms with Crippen LogP contribution in [-0.4, -0.2) is 37.1 Å². The zero-order valence-corrected chi connectivity index (χ0v) is 21.1. The Balaban J connectivity index is 3.43. The lowest BCUT2D eigenvalue weighted by atomic mass is 9.89. The van der Waals surface area contributed by atoms with Gasteiger partial charge in [0.15, 0.2) is 0 Å². The molecule has 2 atom stereocenters. The molecule has 0 radical (unpaired) electrons. The second-order valence-electron chi connectivity index (χ2n) is 9.61. The van der Waals surface area contributed by atoms with Gasteiger partial charge in [-0.05, 0) is 38.5 Å². The molecular weight excluding hydrogens is 385 g/mol. The first-order valence-electron chi connectivity index (χ1n) is 13.4. The lowest BCUT2D eigenvalue weighted by Crippen LogP contribution is -2.42. The maximum Gasteiger partial charge on any atom is 0.373 e. The molecule has 6 heteroatoms. The highest BCUT2D eigenvalue weighted by Crippen LogP contribution is 2.14. The van der Waals surface area contributed by atoms with Crippen molar-refractivity contribution in [2.75, 3.05) is 13.1 Å². The predicted molar refractivity (Wildman–Crippen MR) is 136 cm³/mol. The van der Waals surface area contributed by atoms with Crippen molar-refractivity contribution in [2.24, 2.45) is 11.7 Å². The lowest BCUT2D eigenvalue weighted by molar-refractivity contribution is -0.122. The van der Waals surface area contributed by atoms with Gasteiger partial charge in [0.1, 0.15) is 0 Å². The third kappa shape index (κ3) is 22.4. The summed E-state index contributed by atoms with van der Waals surface area (Å²) >= 11 is 0. The van der Waals surface area contributed by atoms with Crippen LogP contribution in [-0.2, 0) is 4.79 Å². The smallest absolute Gasteiger partial charge is 0.373 e. The van der Waals surface area contributed by atoms with Crippen LogP contribution >= 0.6 is 0 Å². The predicted octanol–water partition coefficient (Wildman–Crippen LogP) is 5.42. The number of amides is 1. The van der Waals surface area contributed by atoms with Crippen molar-refractivity contribution in [3.63, 3.8) is 0 Å². The van der Waals surface area contributed by atoms with Gasteiger partial charge in [0, 0.05) is 6.54 Å². The van der Waals surface area contributed by atoms with Crippen LogP contribution in [0.3, 0.4) is 0 Å². The van der Waals surface area contributed by atoms with Gasteiger partial charge in [0.05, 0.1) is 6.04 Å². The van der Waals surface area contributed by atoms with E-state index in [9.17, 15) is 4.79 Å². The fourth-order valence-corrected chi connectivity index (χ4v) is 3.95. The molecule has 0 aromatic carbocycles. The summed E-state index contributed by atoms with van der Waals surface area (Å²) in [4.78, 5) is 12.1. The number of carbonyl (C=O) groups is 1. The van der Waals surface area contributed by atoms with Crippen LogP contribution in [0.4, 0.5) is 0 Å². The molecule has 31 heavy (non-hydrogen) atoms. The fraction of sp³-hybridized carbons (Fsp3) is 0.960. The van der Waals surface area contributed by atoms with Gasteiger partial charge in [-0.3, -0.25) is 4.79 Å². The van der Waals surface area contributed by atoms with Crippen LogP contribution < -0.4 is 16.3 Å². The molecule has 0 aliphatic carbocycles. The van der Waals surface area contributed by atoms with Gasteiger partial charge >= 0.3 is 7.05 Å². The van der Waals surface area contributed by atoms with Crippen LogP contribution in [0.25, 0.3) is 0 Å². The SMILES string of the molecule is CCCCCCCCCCCCCCCC(C)CNC(=O)[C@@H](N)CCCCNB(C)O. The first-order chi connectivity index (χ1) is 15.0. The highest BCUT2D eigenvalue weighted by atomic mass is 16.2. The largest absolute Gasteiger partial charge is 0.437 e. The number of rotatable bonds is 23. The number of nitrogens with two attached hydrogens (primary N) is 1. The van der Waals surface area contributed by atoms with Crippen molar-refractivity contribution in [1.29, 1.82) is 0 Å². The van der Waals surface area contributed by atoms with Crippen molar-refractivity contribution in [2.45, 2.75) is 136 Å². The highest BCUT2D eigenvalue weighted by Gasteiger charge is 2.13. The number of hydrogen-bond donors (Lipinski definition) is 4. The number of unbranched alkanes of at least 4 members (excludes halogenated alkanes) is 13. The zero-order chi connectivity index (χ0) is 23.2. The zero-order valence-electron chi connectivity index (χ0n) is 21.1. The lowest BCUT2D eigenvalue weighted by Gasteiger charge is -2.16. The molecule has 5 nitrogen and oxygen atoms in total. The average Bonchev–Trinajstić information content (AvgIpc) is 2.74. The van der Waals surface area contributed by atoms with E-state index in [0.717, 1.165) is 25.9 Å². The van der Waals surface area contributed by atoms with E-state index in [1.807, 2.05) is 0 Å². The number of nitrogens with one attached hydrogen (secondary N) is 2. The van der Waals surface area contributed by atoms with Crippen molar-refractivity contribution < 1.29 is 9.82 Å². The van der Waals surface area contributed by atoms with Crippen molar-refractivity contribution in [3.05, 3.63) is 0 Å². The minimum atomic E-state index is -0.478. The van der Waals surface area contributed by atoms with Gasteiger partial charge in [0.25, 0.3) is 0 Å². The second-order valence-corrected chi connectivity index (χ2v) is 9.61. The number of carbonyl (C=O) groups excluding carboxylic acids is 1. The van der Waals surface area contributed by atoms with Gasteiger partial charge in [-0.2, -0.15) is 0 Å². The first kappa shape index (κ1) is 30.4. The molecule has 0 bridgehead atoms. The van der Waals surface area contributed by atoms with Crippen molar-refractivity contribution in [3.8, 4) is 0 Å². The van der Waals surface area contributed by atoms with Crippen molar-refractivity contribution in [1.82, 2.24) is 10.5 Å². The highest BCUT2D eigenvalue weighted by molar-refractivity contribution is 6.45. The second kappa shape index (κ2) is 22.6. The maximum atomic E-state index is 12.1. The average molecular weight is 440 g/mol. The molecule has 0 rings (SSSR count). The van der Waals surface area contributed by atoms with Gasteiger partial charge in [0.2, 0.25) is 5.91 Å². The summed E-state index contributed by atoms with van der Waals surface area (Å²) in [6.07, 6.45) is 21.7. The molecule has 0 aromatic rings. The Kier molecular flexibility index (Phi) is 22.2. The number of hydrogen-bond acceptors (Lipinski definition) is 4. The molecular formula is C25H54BN3O2. The summed E-state index contributed by atoms with van der Waals surface area (Å²) in [6.45, 7) is 7.68. The Bertz CT molecular complexity index is 397. The van der Waals surface area contributed by atoms with Crippen molar-refractivity contribution >= 4 is 13.0 Å². The molecule has 0 aromatic heterocycles. The third-order valence-corrected chi connectivity index (χ3v) is 6.14. The van der Waals surface area contributed by atoms with E-state index >= 15 is 0 Å². The molecule has 1 unspecified atom stereocenters. The topological polar surface area (TPSA) is 87.4 Å². The van der Waals surface area contributed by atoms with E-state index in [0.29, 0.717) is 12.3 Å². The summed E-state index contributed by atoms with van der Waals surface area (Å²) < 4.78 is 0. The molecule has 1 amide bonds. The molecule has 5 N–H and O–H groups in total. The molecule has 184 valence electrons. The van der Waals surface area contributed by atoms with Gasteiger partial charge in [-0.1, -0.05) is 104 Å². The maximum absolute atomic E-state index is 12.1. The van der Waals surface area contributed by atoms with Gasteiger partial charge in [-0.25, -0.2) is 0 Å². The molecule has 0 aliphatic rings. The van der Waals surface area contributed by atoms with E-state index in [4.69, 9.17) is 10.8 Å². The standard InChI is InChI=1S/C25H54BN3O2/c1-4-5-6-7-8-9-10-11-12-13-14-15-16-19-23(2)22-28-25(30)24(27)20-17-18-21-29-26(3)31/h23-24,29,31H,4-22,27H2,1-3H3,(H,28,30)/t23?,24-/m0/s1. The third-order valence-electron chi connectivity index (χ3n) is 6.14. The Morgan fingerprint density at radius 2 is 1.32 bits per heavy atom. The van der Waals surface area contributed by atoms with Crippen LogP contribution in [0.1, 0.15) is 123 Å². The van der Waals surface area contributed by atoms with E-state index in [1.165, 1.54) is 89.9 Å². The molecule has 0 aliphatic heterocycles. The molecule has 0 spiro atoms. The Morgan fingerprint density at radius 3 is 1.84 bits per heavy atom. The van der Waals surface area contributed by atoms with Gasteiger partial charge < -0.3 is 21.3 Å². The minimum Gasteiger partial charge on any atom is -0.437 e. The molecule has 0 heterocycles. The summed E-state index contributed by atoms with van der Waals surface area (Å²) in [6, 6.07) is -0.421. The summed E-state index contributed by atoms with van der Waals surface area (Å²) in [5.74, 6) is 0.486. The molecule has 0 saturated heterocycles. The Hall–Kier alpha value is -0.585. The van der Waals surface area contributed by atoms with E-state index in [2.05, 4.69) is 24.4 Å². The summed E-state index contributed by atoms with van der Waals surface area (Å²) in [7, 11) is -0.478. The molecule has 0 fully saturated rings. The van der Waals surface area contributed by atoms with Crippen LogP contribution in [0.5, 0.6) is 0 Å². The summed E-state index contributed by atoms with van der Waals surface area (Å²) in [5.41, 5.74) is 5.99. The fourth-order valence-electron chi connectivity index (χ4n) is 3.95. The van der Waals surface area contributed by atoms with Crippen LogP contribution in [0.15, 0.2) is 0 Å². The first-order valence-corrected chi connectivity index (χ1v) is 13.4. The van der Waals surface area contributed by atoms with Crippen LogP contribution in [0, 0.1) is 5.92 Å². The quantitative estimate of drug-likeness (QED) is 0.127. The van der Waals surface area contributed by atoms with E-state index < -0.39 is 13.1 Å². The Morgan fingerprint density at radius 1 is 0.839 bits per heavy atom. The monoisotopic (exact) mass is 439 g/mol. The Labute approximate surface area is 194 Å². The van der Waals surface area contributed by atoms with E-state index in [1.54, 1.807) is 6.82 Å². The minimum absolute atomic E-state index is 0.0271.